The molecular formula is C19H15F3N4O2. The number of aryl methyl sites for hydroxylation is 1. The molecule has 0 aliphatic carbocycles. The Balaban J connectivity index is 1.93. The second-order valence-electron chi connectivity index (χ2n) is 5.86. The lowest BCUT2D eigenvalue weighted by molar-refractivity contribution is -0.136. The quantitative estimate of drug-likeness (QED) is 0.571. The van der Waals surface area contributed by atoms with Gasteiger partial charge in [-0.15, -0.1) is 0 Å². The number of para-hydroxylation sites is 2. The van der Waals surface area contributed by atoms with Gasteiger partial charge >= 0.3 is 12.1 Å². The molecule has 2 aromatic carbocycles. The van der Waals surface area contributed by atoms with Crippen molar-refractivity contribution >= 4 is 29.1 Å². The summed E-state index contributed by atoms with van der Waals surface area (Å²) in [6.45, 7) is 1.65. The molecule has 0 atom stereocenters. The van der Waals surface area contributed by atoms with E-state index in [1.807, 2.05) is 0 Å². The van der Waals surface area contributed by atoms with Crippen LogP contribution in [0.1, 0.15) is 21.6 Å². The third kappa shape index (κ3) is 4.37. The fourth-order valence-electron chi connectivity index (χ4n) is 2.56. The van der Waals surface area contributed by atoms with E-state index in [-0.39, 0.29) is 23.0 Å². The summed E-state index contributed by atoms with van der Waals surface area (Å²) in [4.78, 5) is 19.6. The molecule has 0 radical (unpaired) electrons. The van der Waals surface area contributed by atoms with E-state index in [4.69, 9.17) is 0 Å². The maximum absolute atomic E-state index is 13.2. The number of carboxylic acids is 1. The minimum atomic E-state index is -4.53. The van der Waals surface area contributed by atoms with Gasteiger partial charge in [0.1, 0.15) is 5.82 Å². The molecule has 0 amide bonds. The first-order chi connectivity index (χ1) is 13.2. The Kier molecular flexibility index (Phi) is 5.16. The normalized spacial score (nSPS) is 11.1. The zero-order chi connectivity index (χ0) is 20.3. The standard InChI is InChI=1S/C19H15F3N4O2/c1-11-10-16(24-14-8-4-2-6-12(14)17(27)28)26-18(23-11)25-15-9-5-3-7-13(15)19(20,21)22/h2-10H,1H3,(H,27,28)(H2,23,24,25,26). The highest BCUT2D eigenvalue weighted by Gasteiger charge is 2.33. The van der Waals surface area contributed by atoms with Gasteiger partial charge in [-0.25, -0.2) is 9.78 Å². The number of carboxylic acid groups (broad SMARTS) is 1. The van der Waals surface area contributed by atoms with E-state index in [1.54, 1.807) is 31.2 Å². The first kappa shape index (κ1) is 19.2. The third-order valence-corrected chi connectivity index (χ3v) is 3.75. The Morgan fingerprint density at radius 2 is 1.61 bits per heavy atom. The molecule has 0 unspecified atom stereocenters. The van der Waals surface area contributed by atoms with E-state index in [0.29, 0.717) is 11.4 Å². The van der Waals surface area contributed by atoms with Crippen LogP contribution in [0, 0.1) is 6.92 Å². The van der Waals surface area contributed by atoms with E-state index in [0.717, 1.165) is 6.07 Å². The van der Waals surface area contributed by atoms with Crippen LogP contribution in [0.15, 0.2) is 54.6 Å². The number of aromatic nitrogens is 2. The molecule has 0 saturated heterocycles. The van der Waals surface area contributed by atoms with Crippen LogP contribution in [-0.2, 0) is 6.18 Å². The zero-order valence-electron chi connectivity index (χ0n) is 14.6. The predicted octanol–water partition coefficient (Wildman–Crippen LogP) is 4.99. The number of nitrogens with one attached hydrogen (secondary N) is 2. The number of halogens is 3. The van der Waals surface area contributed by atoms with Crippen LogP contribution in [0.2, 0.25) is 0 Å². The highest BCUT2D eigenvalue weighted by molar-refractivity contribution is 5.95. The summed E-state index contributed by atoms with van der Waals surface area (Å²) in [6, 6.07) is 12.8. The fourth-order valence-corrected chi connectivity index (χ4v) is 2.56. The van der Waals surface area contributed by atoms with Crippen molar-refractivity contribution in [2.24, 2.45) is 0 Å². The first-order valence-electron chi connectivity index (χ1n) is 8.12. The number of hydrogen-bond donors (Lipinski definition) is 3. The van der Waals surface area contributed by atoms with Crippen molar-refractivity contribution in [3.05, 3.63) is 71.4 Å². The lowest BCUT2D eigenvalue weighted by atomic mass is 10.1. The van der Waals surface area contributed by atoms with Crippen LogP contribution in [0.25, 0.3) is 0 Å². The third-order valence-electron chi connectivity index (χ3n) is 3.75. The van der Waals surface area contributed by atoms with Crippen molar-refractivity contribution in [2.45, 2.75) is 13.1 Å². The van der Waals surface area contributed by atoms with Crippen molar-refractivity contribution in [1.29, 1.82) is 0 Å². The minimum absolute atomic E-state index is 0.0377. The number of benzene rings is 2. The van der Waals surface area contributed by atoms with Crippen molar-refractivity contribution in [3.63, 3.8) is 0 Å². The topological polar surface area (TPSA) is 87.1 Å². The molecule has 0 spiro atoms. The van der Waals surface area contributed by atoms with Crippen LogP contribution in [0.4, 0.5) is 36.3 Å². The van der Waals surface area contributed by atoms with Gasteiger partial charge in [0.15, 0.2) is 0 Å². The fraction of sp³-hybridized carbons (Fsp3) is 0.105. The molecule has 3 N–H and O–H groups in total. The number of aromatic carboxylic acids is 1. The Morgan fingerprint density at radius 1 is 0.964 bits per heavy atom. The maximum Gasteiger partial charge on any atom is 0.418 e. The summed E-state index contributed by atoms with van der Waals surface area (Å²) < 4.78 is 39.5. The first-order valence-corrected chi connectivity index (χ1v) is 8.12. The van der Waals surface area contributed by atoms with Crippen LogP contribution in [0.5, 0.6) is 0 Å². The number of rotatable bonds is 5. The second kappa shape index (κ2) is 7.55. The van der Waals surface area contributed by atoms with Gasteiger partial charge < -0.3 is 15.7 Å². The predicted molar refractivity (Wildman–Crippen MR) is 98.2 cm³/mol. The number of anilines is 4. The van der Waals surface area contributed by atoms with Crippen molar-refractivity contribution in [3.8, 4) is 0 Å². The van der Waals surface area contributed by atoms with Crippen LogP contribution in [-0.4, -0.2) is 21.0 Å². The average molecular weight is 388 g/mol. The van der Waals surface area contributed by atoms with Gasteiger partial charge in [-0.2, -0.15) is 18.2 Å². The molecule has 0 bridgehead atoms. The SMILES string of the molecule is Cc1cc(Nc2ccccc2C(=O)O)nc(Nc2ccccc2C(F)(F)F)n1. The average Bonchev–Trinajstić information content (AvgIpc) is 2.61. The summed E-state index contributed by atoms with van der Waals surface area (Å²) >= 11 is 0. The smallest absolute Gasteiger partial charge is 0.418 e. The molecular weight excluding hydrogens is 373 g/mol. The van der Waals surface area contributed by atoms with Gasteiger partial charge in [0, 0.05) is 11.8 Å². The molecule has 144 valence electrons. The molecule has 1 aromatic heterocycles. The second-order valence-corrected chi connectivity index (χ2v) is 5.86. The minimum Gasteiger partial charge on any atom is -0.478 e. The highest BCUT2D eigenvalue weighted by atomic mass is 19.4. The Hall–Kier alpha value is -3.62. The Labute approximate surface area is 158 Å². The van der Waals surface area contributed by atoms with E-state index in [1.165, 1.54) is 24.3 Å². The van der Waals surface area contributed by atoms with Crippen LogP contribution < -0.4 is 10.6 Å². The molecule has 0 aliphatic heterocycles. The molecule has 6 nitrogen and oxygen atoms in total. The lowest BCUT2D eigenvalue weighted by Crippen LogP contribution is -2.10. The highest BCUT2D eigenvalue weighted by Crippen LogP contribution is 2.35. The van der Waals surface area contributed by atoms with Crippen LogP contribution in [0.3, 0.4) is 0 Å². The molecule has 1 heterocycles. The number of nitrogens with zero attached hydrogens (tertiary/aromatic N) is 2. The van der Waals surface area contributed by atoms with E-state index in [2.05, 4.69) is 20.6 Å². The van der Waals surface area contributed by atoms with Gasteiger partial charge in [-0.05, 0) is 31.2 Å². The van der Waals surface area contributed by atoms with Crippen molar-refractivity contribution in [1.82, 2.24) is 9.97 Å². The van der Waals surface area contributed by atoms with Crippen molar-refractivity contribution in [2.75, 3.05) is 10.6 Å². The van der Waals surface area contributed by atoms with Gasteiger partial charge in [0.25, 0.3) is 0 Å². The van der Waals surface area contributed by atoms with Gasteiger partial charge in [-0.3, -0.25) is 0 Å². The molecule has 9 heteroatoms. The largest absolute Gasteiger partial charge is 0.478 e. The maximum atomic E-state index is 13.2. The van der Waals surface area contributed by atoms with Crippen LogP contribution >= 0.6 is 0 Å². The summed E-state index contributed by atoms with van der Waals surface area (Å²) in [5.41, 5.74) is -0.203. The number of alkyl halides is 3. The zero-order valence-corrected chi connectivity index (χ0v) is 14.6. The summed E-state index contributed by atoms with van der Waals surface area (Å²) in [5.74, 6) is -0.925. The molecule has 3 aromatic rings. The van der Waals surface area contributed by atoms with E-state index in [9.17, 15) is 23.1 Å². The lowest BCUT2D eigenvalue weighted by Gasteiger charge is -2.15. The summed E-state index contributed by atoms with van der Waals surface area (Å²) in [5, 5.41) is 14.7. The molecule has 3 rings (SSSR count). The Bertz CT molecular complexity index is 1020. The molecule has 0 aliphatic rings. The van der Waals surface area contributed by atoms with Gasteiger partial charge in [-0.1, -0.05) is 24.3 Å². The van der Waals surface area contributed by atoms with Gasteiger partial charge in [0.2, 0.25) is 5.95 Å². The number of carbonyl (C=O) groups is 1. The molecule has 0 saturated carbocycles. The van der Waals surface area contributed by atoms with Crippen molar-refractivity contribution < 1.29 is 23.1 Å². The number of hydrogen-bond acceptors (Lipinski definition) is 5. The summed E-state index contributed by atoms with van der Waals surface area (Å²) in [6.07, 6.45) is -4.53. The van der Waals surface area contributed by atoms with Gasteiger partial charge in [0.05, 0.1) is 22.5 Å². The monoisotopic (exact) mass is 388 g/mol. The Morgan fingerprint density at radius 3 is 2.29 bits per heavy atom. The molecule has 0 fully saturated rings. The summed E-state index contributed by atoms with van der Waals surface area (Å²) in [7, 11) is 0. The molecule has 28 heavy (non-hydrogen) atoms. The van der Waals surface area contributed by atoms with E-state index >= 15 is 0 Å². The van der Waals surface area contributed by atoms with E-state index < -0.39 is 17.7 Å².